The molecule has 1 aromatic carbocycles. The van der Waals surface area contributed by atoms with Gasteiger partial charge in [0.05, 0.1) is 7.11 Å². The molecule has 0 saturated heterocycles. The van der Waals surface area contributed by atoms with Crippen LogP contribution in [0.1, 0.15) is 6.42 Å². The van der Waals surface area contributed by atoms with Crippen molar-refractivity contribution in [1.29, 1.82) is 0 Å². The van der Waals surface area contributed by atoms with Gasteiger partial charge in [-0.1, -0.05) is 0 Å². The molecule has 0 aliphatic rings. The molecule has 4 nitrogen and oxygen atoms in total. The first-order valence-corrected chi connectivity index (χ1v) is 6.69. The number of ether oxygens (including phenoxy) is 1. The highest BCUT2D eigenvalue weighted by Gasteiger charge is 2.16. The average molecular weight is 255 g/mol. The Morgan fingerprint density at radius 3 is 2.59 bits per heavy atom. The summed E-state index contributed by atoms with van der Waals surface area (Å²) in [6.45, 7) is 0. The first-order chi connectivity index (χ1) is 8.17. The number of methoxy groups -OCH3 is 1. The lowest BCUT2D eigenvalue weighted by Gasteiger charge is -2.15. The molecule has 0 aliphatic heterocycles. The SMILES string of the molecule is COc1ccc(NC(CCSC)C(=O)O)cc1. The Morgan fingerprint density at radius 1 is 1.47 bits per heavy atom. The molecule has 1 unspecified atom stereocenters. The number of anilines is 1. The molecular formula is C12H17NO3S. The van der Waals surface area contributed by atoms with Gasteiger partial charge in [0.25, 0.3) is 0 Å². The Hall–Kier alpha value is -1.36. The summed E-state index contributed by atoms with van der Waals surface area (Å²) in [6.07, 6.45) is 2.56. The molecule has 0 saturated carbocycles. The van der Waals surface area contributed by atoms with Crippen LogP contribution in [-0.4, -0.2) is 36.2 Å². The molecule has 0 amide bonds. The predicted molar refractivity (Wildman–Crippen MR) is 71.0 cm³/mol. The van der Waals surface area contributed by atoms with Gasteiger partial charge in [-0.3, -0.25) is 0 Å². The highest BCUT2D eigenvalue weighted by atomic mass is 32.2. The van der Waals surface area contributed by atoms with Gasteiger partial charge in [0.1, 0.15) is 11.8 Å². The van der Waals surface area contributed by atoms with E-state index in [1.165, 1.54) is 0 Å². The van der Waals surface area contributed by atoms with Crippen LogP contribution in [0.3, 0.4) is 0 Å². The molecule has 94 valence electrons. The van der Waals surface area contributed by atoms with E-state index in [2.05, 4.69) is 5.32 Å². The molecule has 17 heavy (non-hydrogen) atoms. The highest BCUT2D eigenvalue weighted by Crippen LogP contribution is 2.17. The fourth-order valence-electron chi connectivity index (χ4n) is 1.38. The number of hydrogen-bond acceptors (Lipinski definition) is 4. The van der Waals surface area contributed by atoms with Gasteiger partial charge in [-0.2, -0.15) is 11.8 Å². The lowest BCUT2D eigenvalue weighted by molar-refractivity contribution is -0.137. The van der Waals surface area contributed by atoms with Gasteiger partial charge < -0.3 is 15.2 Å². The molecule has 0 aliphatic carbocycles. The summed E-state index contributed by atoms with van der Waals surface area (Å²) < 4.78 is 5.04. The fourth-order valence-corrected chi connectivity index (χ4v) is 1.85. The average Bonchev–Trinajstić information content (AvgIpc) is 2.35. The molecule has 0 heterocycles. The maximum atomic E-state index is 11.0. The lowest BCUT2D eigenvalue weighted by Crippen LogP contribution is -2.29. The number of hydrogen-bond donors (Lipinski definition) is 2. The Balaban J connectivity index is 2.61. The second-order valence-electron chi connectivity index (χ2n) is 3.55. The van der Waals surface area contributed by atoms with E-state index in [1.807, 2.05) is 18.4 Å². The number of nitrogens with one attached hydrogen (secondary N) is 1. The molecule has 0 bridgehead atoms. The molecule has 5 heteroatoms. The molecule has 1 rings (SSSR count). The smallest absolute Gasteiger partial charge is 0.326 e. The van der Waals surface area contributed by atoms with E-state index in [4.69, 9.17) is 9.84 Å². The van der Waals surface area contributed by atoms with Crippen molar-refractivity contribution in [3.05, 3.63) is 24.3 Å². The van der Waals surface area contributed by atoms with E-state index in [0.29, 0.717) is 6.42 Å². The van der Waals surface area contributed by atoms with Crippen LogP contribution in [0.5, 0.6) is 5.75 Å². The second-order valence-corrected chi connectivity index (χ2v) is 4.53. The summed E-state index contributed by atoms with van der Waals surface area (Å²) >= 11 is 1.64. The summed E-state index contributed by atoms with van der Waals surface area (Å²) in [5.74, 6) is 0.751. The third kappa shape index (κ3) is 4.56. The number of carboxylic acids is 1. The topological polar surface area (TPSA) is 58.6 Å². The van der Waals surface area contributed by atoms with Crippen LogP contribution in [-0.2, 0) is 4.79 Å². The third-order valence-electron chi connectivity index (χ3n) is 2.34. The maximum Gasteiger partial charge on any atom is 0.326 e. The van der Waals surface area contributed by atoms with Crippen molar-refractivity contribution >= 4 is 23.4 Å². The molecule has 0 fully saturated rings. The van der Waals surface area contributed by atoms with Crippen LogP contribution in [0.4, 0.5) is 5.69 Å². The van der Waals surface area contributed by atoms with Crippen LogP contribution in [0.2, 0.25) is 0 Å². The number of carboxylic acid groups (broad SMARTS) is 1. The first kappa shape index (κ1) is 13.7. The molecule has 0 aromatic heterocycles. The van der Waals surface area contributed by atoms with Crippen molar-refractivity contribution in [2.24, 2.45) is 0 Å². The summed E-state index contributed by atoms with van der Waals surface area (Å²) in [5.41, 5.74) is 0.791. The molecule has 2 N–H and O–H groups in total. The zero-order chi connectivity index (χ0) is 12.7. The van der Waals surface area contributed by atoms with E-state index in [-0.39, 0.29) is 0 Å². The van der Waals surface area contributed by atoms with Gasteiger partial charge in [0, 0.05) is 5.69 Å². The van der Waals surface area contributed by atoms with Gasteiger partial charge in [0.2, 0.25) is 0 Å². The number of thioether (sulfide) groups is 1. The largest absolute Gasteiger partial charge is 0.497 e. The van der Waals surface area contributed by atoms with Crippen LogP contribution in [0.15, 0.2) is 24.3 Å². The molecular weight excluding hydrogens is 238 g/mol. The summed E-state index contributed by atoms with van der Waals surface area (Å²) in [4.78, 5) is 11.0. The Labute approximate surface area is 105 Å². The van der Waals surface area contributed by atoms with Gasteiger partial charge >= 0.3 is 5.97 Å². The van der Waals surface area contributed by atoms with Crippen molar-refractivity contribution < 1.29 is 14.6 Å². The fraction of sp³-hybridized carbons (Fsp3) is 0.417. The van der Waals surface area contributed by atoms with E-state index < -0.39 is 12.0 Å². The number of carbonyl (C=O) groups is 1. The zero-order valence-electron chi connectivity index (χ0n) is 9.97. The van der Waals surface area contributed by atoms with Gasteiger partial charge in [-0.15, -0.1) is 0 Å². The van der Waals surface area contributed by atoms with Crippen LogP contribution in [0.25, 0.3) is 0 Å². The summed E-state index contributed by atoms with van der Waals surface area (Å²) in [6, 6.07) is 6.68. The van der Waals surface area contributed by atoms with E-state index in [1.54, 1.807) is 31.0 Å². The number of benzene rings is 1. The minimum Gasteiger partial charge on any atom is -0.497 e. The van der Waals surface area contributed by atoms with Crippen LogP contribution in [0, 0.1) is 0 Å². The van der Waals surface area contributed by atoms with Crippen molar-refractivity contribution in [3.8, 4) is 5.75 Å². The number of rotatable bonds is 7. The van der Waals surface area contributed by atoms with Crippen molar-refractivity contribution in [2.75, 3.05) is 24.4 Å². The van der Waals surface area contributed by atoms with E-state index in [0.717, 1.165) is 17.2 Å². The minimum atomic E-state index is -0.824. The van der Waals surface area contributed by atoms with Gasteiger partial charge in [-0.05, 0) is 42.7 Å². The molecule has 0 spiro atoms. The van der Waals surface area contributed by atoms with Gasteiger partial charge in [0.15, 0.2) is 0 Å². The zero-order valence-corrected chi connectivity index (χ0v) is 10.8. The monoisotopic (exact) mass is 255 g/mol. The number of aliphatic carboxylic acids is 1. The Kier molecular flexibility index (Phi) is 5.69. The molecule has 1 atom stereocenters. The second kappa shape index (κ2) is 7.06. The van der Waals surface area contributed by atoms with Crippen LogP contribution < -0.4 is 10.1 Å². The normalized spacial score (nSPS) is 11.9. The molecule has 1 aromatic rings. The minimum absolute atomic E-state index is 0.546. The van der Waals surface area contributed by atoms with E-state index >= 15 is 0 Å². The van der Waals surface area contributed by atoms with Crippen LogP contribution >= 0.6 is 11.8 Å². The van der Waals surface area contributed by atoms with Crippen molar-refractivity contribution in [3.63, 3.8) is 0 Å². The Morgan fingerprint density at radius 2 is 2.12 bits per heavy atom. The predicted octanol–water partition coefficient (Wildman–Crippen LogP) is 2.31. The quantitative estimate of drug-likeness (QED) is 0.783. The van der Waals surface area contributed by atoms with E-state index in [9.17, 15) is 4.79 Å². The maximum absolute atomic E-state index is 11.0. The van der Waals surface area contributed by atoms with Crippen molar-refractivity contribution in [1.82, 2.24) is 0 Å². The summed E-state index contributed by atoms with van der Waals surface area (Å²) in [5, 5.41) is 12.1. The third-order valence-corrected chi connectivity index (χ3v) is 2.98. The molecule has 0 radical (unpaired) electrons. The highest BCUT2D eigenvalue weighted by molar-refractivity contribution is 7.98. The van der Waals surface area contributed by atoms with Crippen molar-refractivity contribution in [2.45, 2.75) is 12.5 Å². The first-order valence-electron chi connectivity index (χ1n) is 5.29. The lowest BCUT2D eigenvalue weighted by atomic mass is 10.2. The summed E-state index contributed by atoms with van der Waals surface area (Å²) in [7, 11) is 1.60. The Bertz CT molecular complexity index is 353. The van der Waals surface area contributed by atoms with Gasteiger partial charge in [-0.25, -0.2) is 4.79 Å². The standard InChI is InChI=1S/C12H17NO3S/c1-16-10-5-3-9(4-6-10)13-11(12(14)15)7-8-17-2/h3-6,11,13H,7-8H2,1-2H3,(H,14,15).